The van der Waals surface area contributed by atoms with E-state index in [1.807, 2.05) is 13.0 Å². The first-order valence-corrected chi connectivity index (χ1v) is 7.14. The second-order valence-corrected chi connectivity index (χ2v) is 5.81. The summed E-state index contributed by atoms with van der Waals surface area (Å²) in [5, 5.41) is 3.31. The van der Waals surface area contributed by atoms with Gasteiger partial charge in [-0.1, -0.05) is 18.0 Å². The van der Waals surface area contributed by atoms with Crippen LogP contribution in [0.2, 0.25) is 5.15 Å². The number of aryl methyl sites for hydroxylation is 1. The first-order chi connectivity index (χ1) is 8.18. The van der Waals surface area contributed by atoms with Crippen LogP contribution in [0, 0.1) is 6.92 Å². The lowest BCUT2D eigenvalue weighted by atomic mass is 10.1. The zero-order valence-corrected chi connectivity index (χ0v) is 11.3. The minimum atomic E-state index is 0.0488. The van der Waals surface area contributed by atoms with Crippen molar-refractivity contribution in [2.24, 2.45) is 0 Å². The zero-order chi connectivity index (χ0) is 12.3. The molecule has 1 amide bonds. The van der Waals surface area contributed by atoms with Gasteiger partial charge in [-0.3, -0.25) is 4.79 Å². The smallest absolute Gasteiger partial charge is 0.237 e. The normalized spacial score (nSPS) is 20.0. The van der Waals surface area contributed by atoms with E-state index >= 15 is 0 Å². The summed E-state index contributed by atoms with van der Waals surface area (Å²) in [6.45, 7) is 1.91. The maximum Gasteiger partial charge on any atom is 0.237 e. The lowest BCUT2D eigenvalue weighted by molar-refractivity contribution is -0.115. The number of hydrogen-bond donors (Lipinski definition) is 1. The summed E-state index contributed by atoms with van der Waals surface area (Å²) in [7, 11) is 0. The van der Waals surface area contributed by atoms with Crippen molar-refractivity contribution in [3.63, 3.8) is 0 Å². The summed E-state index contributed by atoms with van der Waals surface area (Å²) in [6.07, 6.45) is 4.93. The maximum atomic E-state index is 12.1. The lowest BCUT2D eigenvalue weighted by Gasteiger charge is -2.21. The van der Waals surface area contributed by atoms with Gasteiger partial charge in [-0.25, -0.2) is 4.98 Å². The van der Waals surface area contributed by atoms with E-state index < -0.39 is 0 Å². The van der Waals surface area contributed by atoms with Gasteiger partial charge in [0, 0.05) is 6.20 Å². The molecular weight excluding hydrogens is 256 g/mol. The summed E-state index contributed by atoms with van der Waals surface area (Å²) in [6, 6.07) is 1.84. The van der Waals surface area contributed by atoms with Crippen LogP contribution < -0.4 is 5.32 Å². The first-order valence-electron chi connectivity index (χ1n) is 5.72. The highest BCUT2D eigenvalue weighted by molar-refractivity contribution is 8.00. The summed E-state index contributed by atoms with van der Waals surface area (Å²) >= 11 is 7.71. The largest absolute Gasteiger partial charge is 0.322 e. The van der Waals surface area contributed by atoms with Gasteiger partial charge in [-0.05, 0) is 37.1 Å². The van der Waals surface area contributed by atoms with Crippen molar-refractivity contribution >= 4 is 35.0 Å². The Hall–Kier alpha value is -0.740. The van der Waals surface area contributed by atoms with Crippen LogP contribution >= 0.6 is 23.4 Å². The van der Waals surface area contributed by atoms with Crippen LogP contribution in [0.3, 0.4) is 0 Å². The third kappa shape index (κ3) is 3.13. The topological polar surface area (TPSA) is 42.0 Å². The third-order valence-electron chi connectivity index (χ3n) is 2.83. The number of hydrogen-bond acceptors (Lipinski definition) is 3. The number of rotatable bonds is 2. The monoisotopic (exact) mass is 270 g/mol. The van der Waals surface area contributed by atoms with Crippen molar-refractivity contribution in [1.82, 2.24) is 4.98 Å². The van der Waals surface area contributed by atoms with Gasteiger partial charge in [-0.15, -0.1) is 11.8 Å². The Balaban J connectivity index is 2.07. The summed E-state index contributed by atoms with van der Waals surface area (Å²) in [5.41, 5.74) is 1.59. The molecule has 17 heavy (non-hydrogen) atoms. The number of anilines is 1. The molecule has 0 saturated carbocycles. The second-order valence-electron chi connectivity index (χ2n) is 4.14. The third-order valence-corrected chi connectivity index (χ3v) is 4.50. The second kappa shape index (κ2) is 5.74. The Bertz CT molecular complexity index is 399. The van der Waals surface area contributed by atoms with Crippen molar-refractivity contribution < 1.29 is 4.79 Å². The number of pyridine rings is 1. The SMILES string of the molecule is Cc1ccnc(Cl)c1NC(=O)C1CCCCS1. The van der Waals surface area contributed by atoms with Crippen LogP contribution in [0.25, 0.3) is 0 Å². The number of nitrogens with one attached hydrogen (secondary N) is 1. The summed E-state index contributed by atoms with van der Waals surface area (Å²) in [5.74, 6) is 1.12. The molecule has 1 unspecified atom stereocenters. The molecule has 1 saturated heterocycles. The molecule has 0 spiro atoms. The number of halogens is 1. The van der Waals surface area contributed by atoms with E-state index in [0.29, 0.717) is 10.8 Å². The van der Waals surface area contributed by atoms with E-state index in [-0.39, 0.29) is 11.2 Å². The van der Waals surface area contributed by atoms with Gasteiger partial charge in [0.05, 0.1) is 10.9 Å². The Morgan fingerprint density at radius 2 is 2.41 bits per heavy atom. The first kappa shape index (κ1) is 12.7. The van der Waals surface area contributed by atoms with E-state index in [2.05, 4.69) is 10.3 Å². The van der Waals surface area contributed by atoms with Crippen LogP contribution in [0.15, 0.2) is 12.3 Å². The fourth-order valence-corrected chi connectivity index (χ4v) is 3.28. The van der Waals surface area contributed by atoms with Crippen LogP contribution in [0.4, 0.5) is 5.69 Å². The summed E-state index contributed by atoms with van der Waals surface area (Å²) in [4.78, 5) is 16.0. The standard InChI is InChI=1S/C12H15ClN2OS/c1-8-5-6-14-11(13)10(8)15-12(16)9-4-2-3-7-17-9/h5-6,9H,2-4,7H2,1H3,(H,15,16). The molecule has 1 atom stereocenters. The predicted octanol–water partition coefficient (Wildman–Crippen LogP) is 3.27. The zero-order valence-electron chi connectivity index (χ0n) is 9.70. The quantitative estimate of drug-likeness (QED) is 0.839. The Kier molecular flexibility index (Phi) is 4.29. The van der Waals surface area contributed by atoms with Crippen molar-refractivity contribution in [2.75, 3.05) is 11.1 Å². The van der Waals surface area contributed by atoms with Crippen LogP contribution in [-0.4, -0.2) is 21.9 Å². The molecule has 0 bridgehead atoms. The van der Waals surface area contributed by atoms with E-state index in [9.17, 15) is 4.79 Å². The number of nitrogens with zero attached hydrogens (tertiary/aromatic N) is 1. The van der Waals surface area contributed by atoms with Gasteiger partial charge in [-0.2, -0.15) is 0 Å². The average molecular weight is 271 g/mol. The fourth-order valence-electron chi connectivity index (χ4n) is 1.83. The number of carbonyl (C=O) groups excluding carboxylic acids is 1. The van der Waals surface area contributed by atoms with Gasteiger partial charge < -0.3 is 5.32 Å². The minimum Gasteiger partial charge on any atom is -0.322 e. The van der Waals surface area contributed by atoms with Crippen molar-refractivity contribution in [1.29, 1.82) is 0 Å². The average Bonchev–Trinajstić information content (AvgIpc) is 2.35. The van der Waals surface area contributed by atoms with E-state index in [1.165, 1.54) is 6.42 Å². The van der Waals surface area contributed by atoms with Gasteiger partial charge in [0.2, 0.25) is 5.91 Å². The van der Waals surface area contributed by atoms with E-state index in [0.717, 1.165) is 24.2 Å². The van der Waals surface area contributed by atoms with Gasteiger partial charge in [0.25, 0.3) is 0 Å². The van der Waals surface area contributed by atoms with Gasteiger partial charge in [0.1, 0.15) is 0 Å². The molecule has 1 N–H and O–H groups in total. The van der Waals surface area contributed by atoms with Crippen molar-refractivity contribution in [3.8, 4) is 0 Å². The van der Waals surface area contributed by atoms with Crippen LogP contribution in [0.5, 0.6) is 0 Å². The van der Waals surface area contributed by atoms with Gasteiger partial charge >= 0.3 is 0 Å². The molecule has 0 radical (unpaired) electrons. The number of amides is 1. The molecule has 2 rings (SSSR count). The highest BCUT2D eigenvalue weighted by Crippen LogP contribution is 2.28. The van der Waals surface area contributed by atoms with E-state index in [1.54, 1.807) is 18.0 Å². The molecule has 5 heteroatoms. The molecule has 1 aliphatic heterocycles. The van der Waals surface area contributed by atoms with Crippen LogP contribution in [-0.2, 0) is 4.79 Å². The van der Waals surface area contributed by atoms with Crippen molar-refractivity contribution in [3.05, 3.63) is 23.0 Å². The molecule has 0 aliphatic carbocycles. The van der Waals surface area contributed by atoms with Crippen molar-refractivity contribution in [2.45, 2.75) is 31.4 Å². The number of aromatic nitrogens is 1. The number of thioether (sulfide) groups is 1. The Morgan fingerprint density at radius 1 is 1.59 bits per heavy atom. The Morgan fingerprint density at radius 3 is 3.06 bits per heavy atom. The molecule has 1 aromatic rings. The highest BCUT2D eigenvalue weighted by Gasteiger charge is 2.22. The molecule has 0 aromatic carbocycles. The molecule has 1 aromatic heterocycles. The summed E-state index contributed by atoms with van der Waals surface area (Å²) < 4.78 is 0. The highest BCUT2D eigenvalue weighted by atomic mass is 35.5. The van der Waals surface area contributed by atoms with Crippen LogP contribution in [0.1, 0.15) is 24.8 Å². The molecule has 2 heterocycles. The Labute approximate surface area is 110 Å². The minimum absolute atomic E-state index is 0.0488. The van der Waals surface area contributed by atoms with E-state index in [4.69, 9.17) is 11.6 Å². The number of carbonyl (C=O) groups is 1. The maximum absolute atomic E-state index is 12.1. The predicted molar refractivity (Wildman–Crippen MR) is 72.7 cm³/mol. The fraction of sp³-hybridized carbons (Fsp3) is 0.500. The lowest BCUT2D eigenvalue weighted by Crippen LogP contribution is -2.28. The molecule has 1 fully saturated rings. The van der Waals surface area contributed by atoms with Gasteiger partial charge in [0.15, 0.2) is 5.15 Å². The molecule has 92 valence electrons. The molecular formula is C12H15ClN2OS. The molecule has 3 nitrogen and oxygen atoms in total. The molecule has 1 aliphatic rings.